The molecule has 0 amide bonds. The van der Waals surface area contributed by atoms with Crippen molar-refractivity contribution in [1.82, 2.24) is 25.5 Å². The van der Waals surface area contributed by atoms with E-state index in [0.717, 1.165) is 12.4 Å². The number of nitrogens with zero attached hydrogens (tertiary/aromatic N) is 4. The van der Waals surface area contributed by atoms with Gasteiger partial charge in [0.05, 0.1) is 13.1 Å². The van der Waals surface area contributed by atoms with Crippen LogP contribution in [-0.2, 0) is 13.1 Å². The van der Waals surface area contributed by atoms with E-state index in [9.17, 15) is 0 Å². The van der Waals surface area contributed by atoms with Gasteiger partial charge in [0, 0.05) is 12.5 Å². The van der Waals surface area contributed by atoms with Crippen molar-refractivity contribution < 1.29 is 0 Å². The lowest BCUT2D eigenvalue weighted by molar-refractivity contribution is 0.566. The minimum Gasteiger partial charge on any atom is -0.309 e. The number of benzene rings is 3. The predicted molar refractivity (Wildman–Crippen MR) is 110 cm³/mol. The van der Waals surface area contributed by atoms with Gasteiger partial charge in [0.15, 0.2) is 5.82 Å². The Hall–Kier alpha value is -3.31. The fourth-order valence-electron chi connectivity index (χ4n) is 3.36. The number of nitrogens with one attached hydrogen (secondary N) is 1. The SMILES string of the molecule is c1ccc(Cn2nnnc2CNCC(c2ccccc2)c2ccccc2)cc1. The van der Waals surface area contributed by atoms with Crippen molar-refractivity contribution in [3.63, 3.8) is 0 Å². The minimum atomic E-state index is 0.279. The summed E-state index contributed by atoms with van der Waals surface area (Å²) in [7, 11) is 0. The first kappa shape index (κ1) is 18.1. The zero-order valence-corrected chi connectivity index (χ0v) is 15.6. The number of hydrogen-bond acceptors (Lipinski definition) is 4. The third-order valence-corrected chi connectivity index (χ3v) is 4.82. The van der Waals surface area contributed by atoms with E-state index < -0.39 is 0 Å². The van der Waals surface area contributed by atoms with E-state index in [-0.39, 0.29) is 5.92 Å². The smallest absolute Gasteiger partial charge is 0.165 e. The molecule has 28 heavy (non-hydrogen) atoms. The maximum atomic E-state index is 4.19. The standard InChI is InChI=1S/C23H23N5/c1-4-10-19(11-5-1)18-28-23(25-26-27-28)17-24-16-22(20-12-6-2-7-13-20)21-14-8-3-9-15-21/h1-15,22,24H,16-18H2. The highest BCUT2D eigenvalue weighted by Gasteiger charge is 2.14. The van der Waals surface area contributed by atoms with Crippen molar-refractivity contribution in [2.45, 2.75) is 19.0 Å². The van der Waals surface area contributed by atoms with Gasteiger partial charge in [-0.15, -0.1) is 5.10 Å². The Morgan fingerprint density at radius 3 is 1.93 bits per heavy atom. The van der Waals surface area contributed by atoms with Gasteiger partial charge in [0.25, 0.3) is 0 Å². The summed E-state index contributed by atoms with van der Waals surface area (Å²) in [6, 6.07) is 31.4. The van der Waals surface area contributed by atoms with Gasteiger partial charge in [-0.25, -0.2) is 4.68 Å². The van der Waals surface area contributed by atoms with Crippen molar-refractivity contribution >= 4 is 0 Å². The number of tetrazole rings is 1. The van der Waals surface area contributed by atoms with E-state index in [1.165, 1.54) is 16.7 Å². The fourth-order valence-corrected chi connectivity index (χ4v) is 3.36. The Morgan fingerprint density at radius 2 is 1.32 bits per heavy atom. The molecule has 140 valence electrons. The summed E-state index contributed by atoms with van der Waals surface area (Å²) in [6.07, 6.45) is 0. The molecule has 0 saturated heterocycles. The zero-order chi connectivity index (χ0) is 19.0. The first-order valence-corrected chi connectivity index (χ1v) is 9.50. The van der Waals surface area contributed by atoms with E-state index >= 15 is 0 Å². The van der Waals surface area contributed by atoms with Crippen molar-refractivity contribution in [2.75, 3.05) is 6.54 Å². The van der Waals surface area contributed by atoms with Crippen LogP contribution in [0.25, 0.3) is 0 Å². The normalized spacial score (nSPS) is 11.0. The summed E-state index contributed by atoms with van der Waals surface area (Å²) in [5.41, 5.74) is 3.78. The van der Waals surface area contributed by atoms with Crippen LogP contribution < -0.4 is 5.32 Å². The van der Waals surface area contributed by atoms with E-state index in [0.29, 0.717) is 13.1 Å². The molecule has 4 aromatic rings. The second kappa shape index (κ2) is 9.06. The predicted octanol–water partition coefficient (Wildman–Crippen LogP) is 3.64. The largest absolute Gasteiger partial charge is 0.309 e. The molecule has 0 saturated carbocycles. The molecule has 5 nitrogen and oxygen atoms in total. The van der Waals surface area contributed by atoms with E-state index in [4.69, 9.17) is 0 Å². The van der Waals surface area contributed by atoms with E-state index in [1.807, 2.05) is 22.9 Å². The van der Waals surface area contributed by atoms with Crippen LogP contribution in [0.4, 0.5) is 0 Å². The lowest BCUT2D eigenvalue weighted by atomic mass is 9.91. The summed E-state index contributed by atoms with van der Waals surface area (Å²) < 4.78 is 1.85. The highest BCUT2D eigenvalue weighted by atomic mass is 15.5. The molecular formula is C23H23N5. The second-order valence-electron chi connectivity index (χ2n) is 6.74. The Kier molecular flexibility index (Phi) is 5.85. The molecule has 1 heterocycles. The molecule has 1 aromatic heterocycles. The Balaban J connectivity index is 1.44. The second-order valence-corrected chi connectivity index (χ2v) is 6.74. The molecule has 0 aliphatic carbocycles. The molecule has 0 fully saturated rings. The number of aromatic nitrogens is 4. The van der Waals surface area contributed by atoms with Gasteiger partial charge in [-0.3, -0.25) is 0 Å². The van der Waals surface area contributed by atoms with Gasteiger partial charge in [-0.1, -0.05) is 91.0 Å². The molecule has 1 N–H and O–H groups in total. The summed E-state index contributed by atoms with van der Waals surface area (Å²) in [5.74, 6) is 1.12. The van der Waals surface area contributed by atoms with Gasteiger partial charge in [-0.05, 0) is 27.1 Å². The highest BCUT2D eigenvalue weighted by Crippen LogP contribution is 2.23. The van der Waals surface area contributed by atoms with Gasteiger partial charge < -0.3 is 5.32 Å². The Morgan fingerprint density at radius 1 is 0.750 bits per heavy atom. The summed E-state index contributed by atoms with van der Waals surface area (Å²) in [5, 5.41) is 15.7. The first-order valence-electron chi connectivity index (χ1n) is 9.50. The Bertz CT molecular complexity index is 928. The molecule has 0 bridgehead atoms. The van der Waals surface area contributed by atoms with Crippen LogP contribution in [0.3, 0.4) is 0 Å². The molecule has 0 aliphatic rings. The van der Waals surface area contributed by atoms with Gasteiger partial charge in [0.2, 0.25) is 0 Å². The molecular weight excluding hydrogens is 346 g/mol. The van der Waals surface area contributed by atoms with Crippen LogP contribution in [0.2, 0.25) is 0 Å². The van der Waals surface area contributed by atoms with Crippen molar-refractivity contribution in [3.8, 4) is 0 Å². The fraction of sp³-hybridized carbons (Fsp3) is 0.174. The topological polar surface area (TPSA) is 55.6 Å². The van der Waals surface area contributed by atoms with Crippen molar-refractivity contribution in [2.24, 2.45) is 0 Å². The van der Waals surface area contributed by atoms with Crippen LogP contribution >= 0.6 is 0 Å². The molecule has 0 unspecified atom stereocenters. The highest BCUT2D eigenvalue weighted by molar-refractivity contribution is 5.32. The van der Waals surface area contributed by atoms with Crippen LogP contribution in [0, 0.1) is 0 Å². The van der Waals surface area contributed by atoms with Gasteiger partial charge >= 0.3 is 0 Å². The lowest BCUT2D eigenvalue weighted by Gasteiger charge is -2.18. The molecule has 0 aliphatic heterocycles. The summed E-state index contributed by atoms with van der Waals surface area (Å²) in [4.78, 5) is 0. The van der Waals surface area contributed by atoms with Gasteiger partial charge in [-0.2, -0.15) is 0 Å². The van der Waals surface area contributed by atoms with Crippen molar-refractivity contribution in [1.29, 1.82) is 0 Å². The summed E-state index contributed by atoms with van der Waals surface area (Å²) in [6.45, 7) is 2.11. The monoisotopic (exact) mass is 369 g/mol. The molecule has 5 heteroatoms. The van der Waals surface area contributed by atoms with E-state index in [1.54, 1.807) is 0 Å². The van der Waals surface area contributed by atoms with E-state index in [2.05, 4.69) is 93.6 Å². The summed E-state index contributed by atoms with van der Waals surface area (Å²) >= 11 is 0. The minimum absolute atomic E-state index is 0.279. The maximum Gasteiger partial charge on any atom is 0.165 e. The Labute approximate surface area is 165 Å². The molecule has 3 aromatic carbocycles. The lowest BCUT2D eigenvalue weighted by Crippen LogP contribution is -2.24. The van der Waals surface area contributed by atoms with Crippen LogP contribution in [0.5, 0.6) is 0 Å². The molecule has 0 spiro atoms. The molecule has 4 rings (SSSR count). The van der Waals surface area contributed by atoms with Crippen LogP contribution in [0.15, 0.2) is 91.0 Å². The number of rotatable bonds is 8. The average Bonchev–Trinajstić information content (AvgIpc) is 3.20. The molecule has 0 radical (unpaired) electrons. The van der Waals surface area contributed by atoms with Gasteiger partial charge in [0.1, 0.15) is 0 Å². The average molecular weight is 369 g/mol. The molecule has 0 atom stereocenters. The first-order chi connectivity index (χ1) is 13.9. The number of hydrogen-bond donors (Lipinski definition) is 1. The van der Waals surface area contributed by atoms with Crippen molar-refractivity contribution in [3.05, 3.63) is 114 Å². The zero-order valence-electron chi connectivity index (χ0n) is 15.6. The third-order valence-electron chi connectivity index (χ3n) is 4.82. The third kappa shape index (κ3) is 4.50. The quantitative estimate of drug-likeness (QED) is 0.515. The van der Waals surface area contributed by atoms with Crippen LogP contribution in [-0.4, -0.2) is 26.8 Å². The van der Waals surface area contributed by atoms with Crippen LogP contribution in [0.1, 0.15) is 28.4 Å². The maximum absolute atomic E-state index is 4.19.